The van der Waals surface area contributed by atoms with E-state index in [2.05, 4.69) is 0 Å². The molecule has 0 bridgehead atoms. The van der Waals surface area contributed by atoms with E-state index in [-0.39, 0.29) is 50.3 Å². The van der Waals surface area contributed by atoms with Crippen LogP contribution in [0.4, 0.5) is 30.7 Å². The first-order valence-corrected chi connectivity index (χ1v) is 10.5. The van der Waals surface area contributed by atoms with Crippen LogP contribution in [0.1, 0.15) is 40.2 Å². The molecule has 0 aliphatic carbocycles. The predicted octanol–water partition coefficient (Wildman–Crippen LogP) is 4.75. The molecule has 1 saturated heterocycles. The highest BCUT2D eigenvalue weighted by Crippen LogP contribution is 2.45. The van der Waals surface area contributed by atoms with Crippen molar-refractivity contribution in [2.75, 3.05) is 33.8 Å². The van der Waals surface area contributed by atoms with Crippen LogP contribution in [0.3, 0.4) is 0 Å². The van der Waals surface area contributed by atoms with Gasteiger partial charge in [0.15, 0.2) is 0 Å². The van der Waals surface area contributed by atoms with E-state index in [4.69, 9.17) is 4.74 Å². The van der Waals surface area contributed by atoms with E-state index in [1.807, 2.05) is 0 Å². The zero-order valence-corrected chi connectivity index (χ0v) is 18.4. The Morgan fingerprint density at radius 1 is 0.971 bits per heavy atom. The Balaban J connectivity index is 1.61. The van der Waals surface area contributed by atoms with Crippen molar-refractivity contribution in [2.24, 2.45) is 0 Å². The molecule has 0 atom stereocenters. The average molecular weight is 493 g/mol. The molecule has 1 spiro atoms. The molecule has 0 unspecified atom stereocenters. The number of carbonyl (C=O) groups is 1. The van der Waals surface area contributed by atoms with Gasteiger partial charge in [-0.25, -0.2) is 4.39 Å². The minimum Gasteiger partial charge on any atom is -0.496 e. The molecule has 1 aromatic carbocycles. The summed E-state index contributed by atoms with van der Waals surface area (Å²) in [4.78, 5) is 16.1. The topological polar surface area (TPSA) is 37.7 Å². The van der Waals surface area contributed by atoms with Gasteiger partial charge >= 0.3 is 12.4 Å². The number of hydrogen-bond donors (Lipinski definition) is 0. The van der Waals surface area contributed by atoms with E-state index in [1.54, 1.807) is 11.9 Å². The summed E-state index contributed by atoms with van der Waals surface area (Å²) in [6.45, 7) is 0.317. The number of hydrogen-bond acceptors (Lipinski definition) is 3. The minimum absolute atomic E-state index is 0.0267. The van der Waals surface area contributed by atoms with E-state index in [1.165, 1.54) is 11.0 Å². The molecule has 0 radical (unpaired) electrons. The van der Waals surface area contributed by atoms with Crippen LogP contribution in [0.5, 0.6) is 5.75 Å². The van der Waals surface area contributed by atoms with Gasteiger partial charge in [-0.3, -0.25) is 9.69 Å². The van der Waals surface area contributed by atoms with Crippen LogP contribution < -0.4 is 4.74 Å². The van der Waals surface area contributed by atoms with E-state index in [9.17, 15) is 35.5 Å². The lowest BCUT2D eigenvalue weighted by Gasteiger charge is -2.50. The second kappa shape index (κ2) is 8.17. The monoisotopic (exact) mass is 493 g/mol. The first kappa shape index (κ1) is 24.4. The number of benzene rings is 1. The lowest BCUT2D eigenvalue weighted by atomic mass is 9.81. The van der Waals surface area contributed by atoms with E-state index < -0.39 is 46.6 Å². The van der Waals surface area contributed by atoms with Crippen molar-refractivity contribution in [3.8, 4) is 5.75 Å². The van der Waals surface area contributed by atoms with Crippen LogP contribution in [0.15, 0.2) is 24.3 Å². The van der Waals surface area contributed by atoms with Gasteiger partial charge in [-0.15, -0.1) is 0 Å². The van der Waals surface area contributed by atoms with Crippen LogP contribution in [-0.2, 0) is 24.4 Å². The number of aromatic nitrogens is 1. The quantitative estimate of drug-likeness (QED) is 0.567. The molecule has 0 N–H and O–H groups in total. The highest BCUT2D eigenvalue weighted by molar-refractivity contribution is 5.94. The summed E-state index contributed by atoms with van der Waals surface area (Å²) in [7, 11) is 2.79. The molecule has 4 rings (SSSR count). The molecule has 5 nitrogen and oxygen atoms in total. The predicted molar refractivity (Wildman–Crippen MR) is 107 cm³/mol. The molecule has 34 heavy (non-hydrogen) atoms. The number of halogens is 7. The van der Waals surface area contributed by atoms with E-state index in [0.717, 1.165) is 23.8 Å². The third-order valence-electron chi connectivity index (χ3n) is 6.80. The number of piperidine rings is 1. The number of methoxy groups -OCH3 is 1. The number of carbonyl (C=O) groups excluding carboxylic acids is 1. The molecule has 2 aliphatic heterocycles. The van der Waals surface area contributed by atoms with Crippen LogP contribution in [0.2, 0.25) is 0 Å². The van der Waals surface area contributed by atoms with E-state index >= 15 is 0 Å². The van der Waals surface area contributed by atoms with Crippen molar-refractivity contribution in [3.63, 3.8) is 0 Å². The van der Waals surface area contributed by atoms with Crippen molar-refractivity contribution >= 4 is 5.91 Å². The number of fused-ring (bicyclic) bond motifs is 2. The number of nitrogens with zero attached hydrogens (tertiary/aromatic N) is 3. The molecule has 186 valence electrons. The van der Waals surface area contributed by atoms with Crippen LogP contribution in [0.25, 0.3) is 0 Å². The first-order valence-electron chi connectivity index (χ1n) is 10.5. The number of rotatable bonds is 2. The normalized spacial score (nSPS) is 18.8. The SMILES string of the molecule is COc1ccc(C(=O)N2CCC3(CC2)c2c(F)cc(C(F)(F)F)n2CCN3C)cc1C(F)(F)F. The molecular weight excluding hydrogens is 471 g/mol. The van der Waals surface area contributed by atoms with Gasteiger partial charge in [0.1, 0.15) is 17.3 Å². The molecule has 12 heteroatoms. The lowest BCUT2D eigenvalue weighted by Crippen LogP contribution is -2.57. The van der Waals surface area contributed by atoms with Crippen molar-refractivity contribution in [1.29, 1.82) is 0 Å². The molecule has 3 heterocycles. The first-order chi connectivity index (χ1) is 15.8. The smallest absolute Gasteiger partial charge is 0.431 e. The maximum absolute atomic E-state index is 14.8. The van der Waals surface area contributed by atoms with Gasteiger partial charge in [-0.1, -0.05) is 0 Å². The zero-order chi connectivity index (χ0) is 25.1. The van der Waals surface area contributed by atoms with Crippen molar-refractivity contribution in [2.45, 2.75) is 37.3 Å². The Morgan fingerprint density at radius 2 is 1.62 bits per heavy atom. The fourth-order valence-electron chi connectivity index (χ4n) is 5.04. The number of amides is 1. The van der Waals surface area contributed by atoms with Crippen molar-refractivity contribution < 1.29 is 40.3 Å². The Morgan fingerprint density at radius 3 is 2.18 bits per heavy atom. The Kier molecular flexibility index (Phi) is 5.86. The molecular formula is C22H22F7N3O2. The second-order valence-electron chi connectivity index (χ2n) is 8.53. The third kappa shape index (κ3) is 3.91. The summed E-state index contributed by atoms with van der Waals surface area (Å²) in [6, 6.07) is 3.52. The summed E-state index contributed by atoms with van der Waals surface area (Å²) in [6.07, 6.45) is -9.17. The maximum Gasteiger partial charge on any atom is 0.431 e. The van der Waals surface area contributed by atoms with E-state index in [0.29, 0.717) is 6.07 Å². The van der Waals surface area contributed by atoms with Gasteiger partial charge in [-0.05, 0) is 38.1 Å². The maximum atomic E-state index is 14.8. The highest BCUT2D eigenvalue weighted by atomic mass is 19.4. The second-order valence-corrected chi connectivity index (χ2v) is 8.53. The van der Waals surface area contributed by atoms with Crippen LogP contribution >= 0.6 is 0 Å². The Labute approximate surface area is 190 Å². The largest absolute Gasteiger partial charge is 0.496 e. The van der Waals surface area contributed by atoms with Gasteiger partial charge < -0.3 is 14.2 Å². The summed E-state index contributed by atoms with van der Waals surface area (Å²) in [5, 5.41) is 0. The lowest BCUT2D eigenvalue weighted by molar-refractivity contribution is -0.145. The standard InChI is InChI=1S/C22H22F7N3O2/c1-30-9-10-32-17(22(27,28)29)12-15(23)18(32)20(30)5-7-31(8-6-20)19(33)13-3-4-16(34-2)14(11-13)21(24,25)26/h3-4,11-12H,5-10H2,1-2H3. The van der Waals surface area contributed by atoms with Crippen molar-refractivity contribution in [1.82, 2.24) is 14.4 Å². The van der Waals surface area contributed by atoms with Gasteiger partial charge in [-0.2, -0.15) is 26.3 Å². The van der Waals surface area contributed by atoms with Gasteiger partial charge in [0.05, 0.1) is 23.9 Å². The van der Waals surface area contributed by atoms with Gasteiger partial charge in [0.2, 0.25) is 0 Å². The Hall–Kier alpha value is -2.76. The average Bonchev–Trinajstić information content (AvgIpc) is 3.13. The molecule has 2 aliphatic rings. The molecule has 1 amide bonds. The van der Waals surface area contributed by atoms with Gasteiger partial charge in [0.25, 0.3) is 5.91 Å². The fraction of sp³-hybridized carbons (Fsp3) is 0.500. The summed E-state index contributed by atoms with van der Waals surface area (Å²) < 4.78 is 101. The minimum atomic E-state index is -4.72. The zero-order valence-electron chi connectivity index (χ0n) is 18.4. The molecule has 1 fully saturated rings. The van der Waals surface area contributed by atoms with Crippen LogP contribution in [-0.4, -0.2) is 54.1 Å². The summed E-state index contributed by atoms with van der Waals surface area (Å²) in [5.74, 6) is -2.01. The number of likely N-dealkylation sites (N-methyl/N-ethyl adjacent to an activating group) is 1. The molecule has 1 aromatic heterocycles. The summed E-state index contributed by atoms with van der Waals surface area (Å²) in [5.41, 5.74) is -3.44. The van der Waals surface area contributed by atoms with Crippen molar-refractivity contribution in [3.05, 3.63) is 52.6 Å². The third-order valence-corrected chi connectivity index (χ3v) is 6.80. The van der Waals surface area contributed by atoms with Crippen LogP contribution in [0, 0.1) is 5.82 Å². The molecule has 0 saturated carbocycles. The highest BCUT2D eigenvalue weighted by Gasteiger charge is 2.49. The Bertz CT molecular complexity index is 1100. The number of likely N-dealkylation sites (tertiary alicyclic amines) is 1. The molecule has 2 aromatic rings. The summed E-state index contributed by atoms with van der Waals surface area (Å²) >= 11 is 0. The fourth-order valence-corrected chi connectivity index (χ4v) is 5.04. The number of alkyl halides is 6. The number of ether oxygens (including phenoxy) is 1. The van der Waals surface area contributed by atoms with Gasteiger partial charge in [0, 0.05) is 37.8 Å².